The summed E-state index contributed by atoms with van der Waals surface area (Å²) >= 11 is 0. The zero-order valence-electron chi connectivity index (χ0n) is 9.64. The molecule has 0 spiro atoms. The number of nitrogens with zero attached hydrogens (tertiary/aromatic N) is 3. The monoisotopic (exact) mass is 228 g/mol. The van der Waals surface area contributed by atoms with Gasteiger partial charge in [-0.3, -0.25) is 4.79 Å². The molecule has 0 saturated heterocycles. The van der Waals surface area contributed by atoms with Crippen LogP contribution in [0, 0.1) is 11.3 Å². The molecule has 0 saturated carbocycles. The van der Waals surface area contributed by atoms with Crippen LogP contribution in [0.25, 0.3) is 5.52 Å². The van der Waals surface area contributed by atoms with E-state index in [9.17, 15) is 4.79 Å². The summed E-state index contributed by atoms with van der Waals surface area (Å²) in [5.74, 6) is -0.397. The molecule has 0 radical (unpaired) electrons. The van der Waals surface area contributed by atoms with Gasteiger partial charge in [0.25, 0.3) is 0 Å². The van der Waals surface area contributed by atoms with Crippen LogP contribution in [0.3, 0.4) is 0 Å². The summed E-state index contributed by atoms with van der Waals surface area (Å²) in [4.78, 5) is 11.4. The fourth-order valence-electron chi connectivity index (χ4n) is 1.99. The van der Waals surface area contributed by atoms with Crippen LogP contribution in [0.5, 0.6) is 0 Å². The lowest BCUT2D eigenvalue weighted by molar-refractivity contribution is 0.0999. The van der Waals surface area contributed by atoms with Crippen LogP contribution < -0.4 is 5.73 Å². The van der Waals surface area contributed by atoms with Crippen LogP contribution in [-0.4, -0.2) is 15.5 Å². The van der Waals surface area contributed by atoms with Crippen molar-refractivity contribution in [3.8, 4) is 6.07 Å². The number of nitriles is 1. The molecule has 2 rings (SSSR count). The lowest BCUT2D eigenvalue weighted by Crippen LogP contribution is -2.15. The van der Waals surface area contributed by atoms with E-state index in [1.807, 2.05) is 13.8 Å². The van der Waals surface area contributed by atoms with Crippen LogP contribution >= 0.6 is 0 Å². The van der Waals surface area contributed by atoms with Crippen molar-refractivity contribution < 1.29 is 4.79 Å². The van der Waals surface area contributed by atoms with E-state index in [0.717, 1.165) is 5.56 Å². The molecule has 5 nitrogen and oxygen atoms in total. The van der Waals surface area contributed by atoms with Gasteiger partial charge in [-0.15, -0.1) is 0 Å². The predicted octanol–water partition coefficient (Wildman–Crippen LogP) is 1.43. The van der Waals surface area contributed by atoms with E-state index in [0.29, 0.717) is 16.6 Å². The molecule has 86 valence electrons. The average molecular weight is 228 g/mol. The fraction of sp³-hybridized carbons (Fsp3) is 0.250. The third-order valence-corrected chi connectivity index (χ3v) is 2.69. The van der Waals surface area contributed by atoms with E-state index < -0.39 is 5.91 Å². The molecule has 0 fully saturated rings. The number of fused-ring (bicyclic) bond motifs is 1. The maximum absolute atomic E-state index is 11.4. The van der Waals surface area contributed by atoms with E-state index in [1.54, 1.807) is 16.8 Å². The zero-order chi connectivity index (χ0) is 12.6. The molecule has 5 heteroatoms. The van der Waals surface area contributed by atoms with Crippen LogP contribution in [0.15, 0.2) is 18.5 Å². The third-order valence-electron chi connectivity index (χ3n) is 2.69. The van der Waals surface area contributed by atoms with E-state index in [2.05, 4.69) is 11.2 Å². The molecule has 2 N–H and O–H groups in total. The maximum atomic E-state index is 11.4. The summed E-state index contributed by atoms with van der Waals surface area (Å²) in [7, 11) is 0. The van der Waals surface area contributed by atoms with Crippen LogP contribution in [-0.2, 0) is 0 Å². The summed E-state index contributed by atoms with van der Waals surface area (Å²) in [6.07, 6.45) is 3.13. The van der Waals surface area contributed by atoms with Crippen molar-refractivity contribution in [1.29, 1.82) is 5.26 Å². The minimum atomic E-state index is -0.485. The van der Waals surface area contributed by atoms with E-state index in [4.69, 9.17) is 11.0 Å². The molecule has 17 heavy (non-hydrogen) atoms. The predicted molar refractivity (Wildman–Crippen MR) is 62.5 cm³/mol. The number of hydrogen-bond acceptors (Lipinski definition) is 3. The fourth-order valence-corrected chi connectivity index (χ4v) is 1.99. The van der Waals surface area contributed by atoms with Crippen LogP contribution in [0.1, 0.15) is 41.3 Å². The van der Waals surface area contributed by atoms with Crippen molar-refractivity contribution in [1.82, 2.24) is 9.61 Å². The summed E-state index contributed by atoms with van der Waals surface area (Å²) in [6.45, 7) is 3.91. The molecular weight excluding hydrogens is 216 g/mol. The molecule has 0 bridgehead atoms. The van der Waals surface area contributed by atoms with Crippen LogP contribution in [0.4, 0.5) is 0 Å². The molecule has 1 amide bonds. The standard InChI is InChI=1S/C12H12N4O/c1-7(2)10-9(12(14)17)3-4-16-11(10)8(5-13)6-15-16/h3-4,6-7H,1-2H3,(H2,14,17). The molecule has 0 aliphatic carbocycles. The van der Waals surface area contributed by atoms with Gasteiger partial charge in [0.15, 0.2) is 0 Å². The Morgan fingerprint density at radius 3 is 2.82 bits per heavy atom. The second-order valence-electron chi connectivity index (χ2n) is 4.13. The number of pyridine rings is 1. The van der Waals surface area contributed by atoms with Gasteiger partial charge in [-0.05, 0) is 17.5 Å². The van der Waals surface area contributed by atoms with Gasteiger partial charge >= 0.3 is 0 Å². The Labute approximate surface area is 98.5 Å². The summed E-state index contributed by atoms with van der Waals surface area (Å²) in [6, 6.07) is 3.71. The Kier molecular flexibility index (Phi) is 2.56. The smallest absolute Gasteiger partial charge is 0.249 e. The Morgan fingerprint density at radius 1 is 1.59 bits per heavy atom. The second-order valence-corrected chi connectivity index (χ2v) is 4.13. The Morgan fingerprint density at radius 2 is 2.29 bits per heavy atom. The molecule has 2 aromatic heterocycles. The van der Waals surface area contributed by atoms with E-state index >= 15 is 0 Å². The van der Waals surface area contributed by atoms with Crippen molar-refractivity contribution in [2.75, 3.05) is 0 Å². The van der Waals surface area contributed by atoms with Gasteiger partial charge in [-0.25, -0.2) is 4.52 Å². The molecule has 2 aromatic rings. The highest BCUT2D eigenvalue weighted by molar-refractivity contribution is 5.97. The number of aromatic nitrogens is 2. The first-order valence-corrected chi connectivity index (χ1v) is 5.26. The number of carbonyl (C=O) groups excluding carboxylic acids is 1. The minimum Gasteiger partial charge on any atom is -0.366 e. The lowest BCUT2D eigenvalue weighted by Gasteiger charge is -2.12. The Hall–Kier alpha value is -2.35. The van der Waals surface area contributed by atoms with Crippen molar-refractivity contribution in [2.24, 2.45) is 5.73 Å². The van der Waals surface area contributed by atoms with Gasteiger partial charge in [0.1, 0.15) is 6.07 Å². The Bertz CT molecular complexity index is 634. The van der Waals surface area contributed by atoms with Gasteiger partial charge in [0, 0.05) is 11.8 Å². The van der Waals surface area contributed by atoms with Gasteiger partial charge in [-0.1, -0.05) is 13.8 Å². The van der Waals surface area contributed by atoms with Gasteiger partial charge in [0.2, 0.25) is 5.91 Å². The summed E-state index contributed by atoms with van der Waals surface area (Å²) in [5.41, 5.74) is 7.69. The van der Waals surface area contributed by atoms with Gasteiger partial charge in [-0.2, -0.15) is 10.4 Å². The first-order chi connectivity index (χ1) is 8.06. The molecule has 0 aliphatic heterocycles. The molecule has 2 heterocycles. The molecule has 0 aliphatic rings. The maximum Gasteiger partial charge on any atom is 0.249 e. The highest BCUT2D eigenvalue weighted by Crippen LogP contribution is 2.26. The number of hydrogen-bond donors (Lipinski definition) is 1. The highest BCUT2D eigenvalue weighted by atomic mass is 16.1. The van der Waals surface area contributed by atoms with E-state index in [1.165, 1.54) is 6.20 Å². The molecule has 0 aromatic carbocycles. The average Bonchev–Trinajstić information content (AvgIpc) is 2.69. The van der Waals surface area contributed by atoms with Crippen molar-refractivity contribution in [2.45, 2.75) is 19.8 Å². The van der Waals surface area contributed by atoms with E-state index in [-0.39, 0.29) is 5.92 Å². The molecular formula is C12H12N4O. The largest absolute Gasteiger partial charge is 0.366 e. The number of nitrogens with two attached hydrogens (primary N) is 1. The first-order valence-electron chi connectivity index (χ1n) is 5.26. The van der Waals surface area contributed by atoms with Crippen molar-refractivity contribution in [3.63, 3.8) is 0 Å². The van der Waals surface area contributed by atoms with Gasteiger partial charge in [0.05, 0.1) is 17.3 Å². The van der Waals surface area contributed by atoms with Crippen molar-refractivity contribution in [3.05, 3.63) is 35.2 Å². The zero-order valence-corrected chi connectivity index (χ0v) is 9.64. The minimum absolute atomic E-state index is 0.0880. The number of rotatable bonds is 2. The number of amides is 1. The molecule has 0 atom stereocenters. The number of carbonyl (C=O) groups is 1. The lowest BCUT2D eigenvalue weighted by atomic mass is 9.95. The third kappa shape index (κ3) is 1.64. The number of primary amides is 1. The first kappa shape index (κ1) is 11.1. The Balaban J connectivity index is 2.92. The normalized spacial score (nSPS) is 10.7. The van der Waals surface area contributed by atoms with Gasteiger partial charge < -0.3 is 5.73 Å². The highest BCUT2D eigenvalue weighted by Gasteiger charge is 2.18. The van der Waals surface area contributed by atoms with Crippen molar-refractivity contribution >= 4 is 11.4 Å². The summed E-state index contributed by atoms with van der Waals surface area (Å²) in [5, 5.41) is 13.1. The topological polar surface area (TPSA) is 84.2 Å². The molecule has 0 unspecified atom stereocenters. The SMILES string of the molecule is CC(C)c1c(C(N)=O)ccn2ncc(C#N)c12. The second kappa shape index (κ2) is 3.91. The van der Waals surface area contributed by atoms with Crippen LogP contribution in [0.2, 0.25) is 0 Å². The summed E-state index contributed by atoms with van der Waals surface area (Å²) < 4.78 is 1.60. The quantitative estimate of drug-likeness (QED) is 0.843.